The minimum absolute atomic E-state index is 0.0348. The van der Waals surface area contributed by atoms with Crippen LogP contribution in [0.4, 0.5) is 10.5 Å². The summed E-state index contributed by atoms with van der Waals surface area (Å²) in [6.45, 7) is 2.69. The van der Waals surface area contributed by atoms with Crippen LogP contribution in [-0.2, 0) is 0 Å². The molecule has 3 rings (SSSR count). The monoisotopic (exact) mass is 258 g/mol. The molecule has 90 valence electrons. The van der Waals surface area contributed by atoms with Gasteiger partial charge in [0, 0.05) is 17.2 Å². The summed E-state index contributed by atoms with van der Waals surface area (Å²) in [5.74, 6) is 0. The van der Waals surface area contributed by atoms with Gasteiger partial charge in [0.2, 0.25) is 0 Å². The first-order valence-electron chi connectivity index (χ1n) is 5.59. The van der Waals surface area contributed by atoms with Crippen molar-refractivity contribution in [1.82, 2.24) is 0 Å². The van der Waals surface area contributed by atoms with Crippen LogP contribution in [0, 0.1) is 11.3 Å². The number of thioether (sulfide) groups is 1. The Morgan fingerprint density at radius 2 is 2.39 bits per heavy atom. The van der Waals surface area contributed by atoms with Crippen LogP contribution in [0.25, 0.3) is 11.0 Å². The zero-order chi connectivity index (χ0) is 12.7. The molecular weight excluding hydrogens is 248 g/mol. The van der Waals surface area contributed by atoms with E-state index < -0.39 is 0 Å². The van der Waals surface area contributed by atoms with Crippen LogP contribution in [0.5, 0.6) is 0 Å². The average molecular weight is 258 g/mol. The highest BCUT2D eigenvalue weighted by atomic mass is 32.2. The Morgan fingerprint density at radius 1 is 1.56 bits per heavy atom. The number of carbonyl (C=O) groups is 1. The number of furan rings is 1. The summed E-state index contributed by atoms with van der Waals surface area (Å²) in [6, 6.07) is 7.47. The fourth-order valence-electron chi connectivity index (χ4n) is 2.14. The van der Waals surface area contributed by atoms with Crippen LogP contribution in [0.1, 0.15) is 12.5 Å². The molecule has 18 heavy (non-hydrogen) atoms. The lowest BCUT2D eigenvalue weighted by atomic mass is 10.1. The number of carbonyl (C=O) groups excluding carboxylic acids is 1. The molecule has 0 N–H and O–H groups in total. The number of fused-ring (bicyclic) bond motifs is 1. The van der Waals surface area contributed by atoms with Crippen LogP contribution in [-0.4, -0.2) is 17.0 Å². The SMILES string of the molecule is C[C@H]1CN(c2coc3c(C#N)cccc23)C(=O)S1. The zero-order valence-corrected chi connectivity index (χ0v) is 10.5. The van der Waals surface area contributed by atoms with Gasteiger partial charge in [-0.15, -0.1) is 0 Å². The number of rotatable bonds is 1. The molecule has 4 nitrogen and oxygen atoms in total. The van der Waals surface area contributed by atoms with Gasteiger partial charge in [0.05, 0.1) is 11.3 Å². The number of nitriles is 1. The maximum absolute atomic E-state index is 11.9. The third kappa shape index (κ3) is 1.57. The average Bonchev–Trinajstić information content (AvgIpc) is 2.91. The number of nitrogens with zero attached hydrogens (tertiary/aromatic N) is 2. The molecule has 1 saturated heterocycles. The normalized spacial score (nSPS) is 19.4. The lowest BCUT2D eigenvalue weighted by molar-refractivity contribution is 0.266. The van der Waals surface area contributed by atoms with Crippen molar-refractivity contribution in [1.29, 1.82) is 5.26 Å². The summed E-state index contributed by atoms with van der Waals surface area (Å²) in [5, 5.41) is 10.1. The van der Waals surface area contributed by atoms with Crippen LogP contribution in [0.2, 0.25) is 0 Å². The summed E-state index contributed by atoms with van der Waals surface area (Å²) < 4.78 is 5.44. The first kappa shape index (κ1) is 11.2. The van der Waals surface area contributed by atoms with Gasteiger partial charge in [0.1, 0.15) is 12.3 Å². The Labute approximate surface area is 108 Å². The fraction of sp³-hybridized carbons (Fsp3) is 0.231. The van der Waals surface area contributed by atoms with Crippen molar-refractivity contribution in [3.05, 3.63) is 30.0 Å². The van der Waals surface area contributed by atoms with Crippen molar-refractivity contribution in [3.8, 4) is 6.07 Å². The first-order valence-corrected chi connectivity index (χ1v) is 6.47. The highest BCUT2D eigenvalue weighted by molar-refractivity contribution is 8.14. The van der Waals surface area contributed by atoms with E-state index in [4.69, 9.17) is 9.68 Å². The molecule has 0 radical (unpaired) electrons. The minimum atomic E-state index is 0.0348. The molecule has 1 aromatic carbocycles. The number of para-hydroxylation sites is 1. The Hall–Kier alpha value is -1.93. The van der Waals surface area contributed by atoms with Crippen molar-refractivity contribution in [2.75, 3.05) is 11.4 Å². The van der Waals surface area contributed by atoms with Gasteiger partial charge >= 0.3 is 0 Å². The van der Waals surface area contributed by atoms with E-state index in [2.05, 4.69) is 6.07 Å². The summed E-state index contributed by atoms with van der Waals surface area (Å²) in [4.78, 5) is 13.6. The molecular formula is C13H10N2O2S. The van der Waals surface area contributed by atoms with E-state index in [9.17, 15) is 4.79 Å². The van der Waals surface area contributed by atoms with Gasteiger partial charge in [0.25, 0.3) is 5.24 Å². The van der Waals surface area contributed by atoms with E-state index in [1.54, 1.807) is 23.3 Å². The Kier molecular flexibility index (Phi) is 2.53. The van der Waals surface area contributed by atoms with Crippen molar-refractivity contribution >= 4 is 33.7 Å². The van der Waals surface area contributed by atoms with Gasteiger partial charge in [-0.3, -0.25) is 9.69 Å². The zero-order valence-electron chi connectivity index (χ0n) is 9.71. The molecule has 0 saturated carbocycles. The topological polar surface area (TPSA) is 57.2 Å². The molecule has 0 unspecified atom stereocenters. The fourth-order valence-corrected chi connectivity index (χ4v) is 3.01. The maximum atomic E-state index is 11.9. The Morgan fingerprint density at radius 3 is 3.06 bits per heavy atom. The summed E-state index contributed by atoms with van der Waals surface area (Å²) in [7, 11) is 0. The quantitative estimate of drug-likeness (QED) is 0.787. The second kappa shape index (κ2) is 4.07. The van der Waals surface area contributed by atoms with Gasteiger partial charge in [-0.05, 0) is 12.1 Å². The Balaban J connectivity index is 2.14. The van der Waals surface area contributed by atoms with Crippen LogP contribution in [0.3, 0.4) is 0 Å². The van der Waals surface area contributed by atoms with Crippen molar-refractivity contribution in [2.24, 2.45) is 0 Å². The highest BCUT2D eigenvalue weighted by Gasteiger charge is 2.30. The van der Waals surface area contributed by atoms with E-state index in [0.717, 1.165) is 11.1 Å². The van der Waals surface area contributed by atoms with Crippen LogP contribution < -0.4 is 4.90 Å². The molecule has 0 aliphatic carbocycles. The van der Waals surface area contributed by atoms with Gasteiger partial charge < -0.3 is 4.42 Å². The van der Waals surface area contributed by atoms with E-state index in [1.807, 2.05) is 13.0 Å². The molecule has 5 heteroatoms. The lowest BCUT2D eigenvalue weighted by Crippen LogP contribution is -2.23. The molecule has 1 amide bonds. The van der Waals surface area contributed by atoms with Gasteiger partial charge in [-0.25, -0.2) is 0 Å². The van der Waals surface area contributed by atoms with E-state index in [-0.39, 0.29) is 10.5 Å². The second-order valence-corrected chi connectivity index (χ2v) is 5.61. The van der Waals surface area contributed by atoms with Gasteiger partial charge in [0.15, 0.2) is 5.58 Å². The van der Waals surface area contributed by atoms with E-state index in [1.165, 1.54) is 11.8 Å². The summed E-state index contributed by atoms with van der Waals surface area (Å²) in [5.41, 5.74) is 1.79. The number of amides is 1. The van der Waals surface area contributed by atoms with Crippen molar-refractivity contribution in [2.45, 2.75) is 12.2 Å². The van der Waals surface area contributed by atoms with E-state index >= 15 is 0 Å². The molecule has 0 bridgehead atoms. The van der Waals surface area contributed by atoms with Crippen LogP contribution in [0.15, 0.2) is 28.9 Å². The molecule has 1 fully saturated rings. The highest BCUT2D eigenvalue weighted by Crippen LogP contribution is 2.36. The molecule has 1 aliphatic heterocycles. The summed E-state index contributed by atoms with van der Waals surface area (Å²) in [6.07, 6.45) is 1.56. The molecule has 1 aliphatic rings. The molecule has 1 aromatic heterocycles. The minimum Gasteiger partial charge on any atom is -0.461 e. The third-order valence-corrected chi connectivity index (χ3v) is 3.93. The van der Waals surface area contributed by atoms with Crippen LogP contribution >= 0.6 is 11.8 Å². The number of hydrogen-bond acceptors (Lipinski definition) is 4. The Bertz CT molecular complexity index is 671. The van der Waals surface area contributed by atoms with Gasteiger partial charge in [-0.2, -0.15) is 5.26 Å². The smallest absolute Gasteiger partial charge is 0.286 e. The molecule has 2 aromatic rings. The van der Waals surface area contributed by atoms with Crippen molar-refractivity contribution in [3.63, 3.8) is 0 Å². The number of hydrogen-bond donors (Lipinski definition) is 0. The first-order chi connectivity index (χ1) is 8.70. The third-order valence-electron chi connectivity index (χ3n) is 2.95. The summed E-state index contributed by atoms with van der Waals surface area (Å²) >= 11 is 1.33. The van der Waals surface area contributed by atoms with E-state index in [0.29, 0.717) is 17.7 Å². The lowest BCUT2D eigenvalue weighted by Gasteiger charge is -2.12. The predicted octanol–water partition coefficient (Wildman–Crippen LogP) is 3.37. The number of anilines is 1. The standard InChI is InChI=1S/C13H10N2O2S/c1-8-6-15(13(16)18-8)11-7-17-12-9(5-14)3-2-4-10(11)12/h2-4,7-8H,6H2,1H3/t8-/m0/s1. The number of benzene rings is 1. The maximum Gasteiger partial charge on any atom is 0.286 e. The molecule has 1 atom stereocenters. The van der Waals surface area contributed by atoms with Crippen molar-refractivity contribution < 1.29 is 9.21 Å². The largest absolute Gasteiger partial charge is 0.461 e. The molecule has 2 heterocycles. The second-order valence-electron chi connectivity index (χ2n) is 4.22. The molecule has 0 spiro atoms. The predicted molar refractivity (Wildman–Crippen MR) is 70.7 cm³/mol. The van der Waals surface area contributed by atoms with Gasteiger partial charge in [-0.1, -0.05) is 24.8 Å².